The van der Waals surface area contributed by atoms with Gasteiger partial charge in [0, 0.05) is 12.2 Å². The molecule has 1 unspecified atom stereocenters. The molecule has 128 valence electrons. The van der Waals surface area contributed by atoms with Gasteiger partial charge in [-0.25, -0.2) is 12.8 Å². The van der Waals surface area contributed by atoms with Crippen LogP contribution in [0.25, 0.3) is 11.1 Å². The average Bonchev–Trinajstić information content (AvgIpc) is 2.60. The number of hydrogen-bond acceptors (Lipinski definition) is 2. The predicted molar refractivity (Wildman–Crippen MR) is 98.9 cm³/mol. The molecule has 0 aliphatic carbocycles. The maximum absolute atomic E-state index is 13.6. The van der Waals surface area contributed by atoms with E-state index in [4.69, 9.17) is 0 Å². The maximum atomic E-state index is 13.6. The summed E-state index contributed by atoms with van der Waals surface area (Å²) >= 11 is 0. The van der Waals surface area contributed by atoms with Crippen LogP contribution in [0.15, 0.2) is 77.7 Å². The van der Waals surface area contributed by atoms with E-state index in [1.807, 2.05) is 42.5 Å². The molecule has 25 heavy (non-hydrogen) atoms. The Labute approximate surface area is 147 Å². The third kappa shape index (κ3) is 3.80. The van der Waals surface area contributed by atoms with Crippen molar-refractivity contribution in [3.05, 3.63) is 89.7 Å². The summed E-state index contributed by atoms with van der Waals surface area (Å²) < 4.78 is 36.8. The Hall–Kier alpha value is -2.46. The minimum Gasteiger partial charge on any atom is -0.224 e. The van der Waals surface area contributed by atoms with Crippen molar-refractivity contribution >= 4 is 9.84 Å². The van der Waals surface area contributed by atoms with Crippen LogP contribution in [-0.4, -0.2) is 14.7 Å². The van der Waals surface area contributed by atoms with Gasteiger partial charge in [0.1, 0.15) is 5.82 Å². The second-order valence-electron chi connectivity index (χ2n) is 6.16. The van der Waals surface area contributed by atoms with E-state index in [1.54, 1.807) is 18.2 Å². The number of benzene rings is 3. The van der Waals surface area contributed by atoms with Gasteiger partial charge in [0.2, 0.25) is 0 Å². The highest BCUT2D eigenvalue weighted by Crippen LogP contribution is 2.33. The summed E-state index contributed by atoms with van der Waals surface area (Å²) in [6.07, 6.45) is 1.20. The lowest BCUT2D eigenvalue weighted by atomic mass is 9.87. The largest absolute Gasteiger partial charge is 0.224 e. The first-order valence-corrected chi connectivity index (χ1v) is 9.90. The summed E-state index contributed by atoms with van der Waals surface area (Å²) in [6, 6.07) is 21.4. The lowest BCUT2D eigenvalue weighted by Crippen LogP contribution is -2.01. The quantitative estimate of drug-likeness (QED) is 0.657. The van der Waals surface area contributed by atoms with Crippen molar-refractivity contribution in [2.75, 3.05) is 6.26 Å². The summed E-state index contributed by atoms with van der Waals surface area (Å²) in [5, 5.41) is 0. The molecule has 3 aromatic carbocycles. The Bertz CT molecular complexity index is 992. The molecule has 1 atom stereocenters. The van der Waals surface area contributed by atoms with E-state index in [2.05, 4.69) is 6.92 Å². The normalized spacial score (nSPS) is 12.8. The van der Waals surface area contributed by atoms with Crippen LogP contribution in [0.5, 0.6) is 0 Å². The Morgan fingerprint density at radius 2 is 1.56 bits per heavy atom. The fourth-order valence-electron chi connectivity index (χ4n) is 2.98. The van der Waals surface area contributed by atoms with E-state index in [-0.39, 0.29) is 11.7 Å². The highest BCUT2D eigenvalue weighted by Gasteiger charge is 2.15. The van der Waals surface area contributed by atoms with Crippen molar-refractivity contribution in [3.63, 3.8) is 0 Å². The first-order valence-electron chi connectivity index (χ1n) is 8.01. The number of halogens is 1. The van der Waals surface area contributed by atoms with Gasteiger partial charge in [-0.15, -0.1) is 0 Å². The zero-order chi connectivity index (χ0) is 18.0. The smallest absolute Gasteiger partial charge is 0.175 e. The zero-order valence-corrected chi connectivity index (χ0v) is 14.9. The van der Waals surface area contributed by atoms with Gasteiger partial charge in [0.25, 0.3) is 0 Å². The van der Waals surface area contributed by atoms with Gasteiger partial charge in [-0.3, -0.25) is 0 Å². The average molecular weight is 354 g/mol. The fraction of sp³-hybridized carbons (Fsp3) is 0.143. The molecule has 0 spiro atoms. The molecule has 0 saturated heterocycles. The van der Waals surface area contributed by atoms with E-state index in [9.17, 15) is 12.8 Å². The molecule has 3 aromatic rings. The number of rotatable bonds is 4. The monoisotopic (exact) mass is 354 g/mol. The van der Waals surface area contributed by atoms with Crippen LogP contribution in [-0.2, 0) is 9.84 Å². The fourth-order valence-corrected chi connectivity index (χ4v) is 3.61. The first kappa shape index (κ1) is 17.4. The van der Waals surface area contributed by atoms with E-state index in [0.717, 1.165) is 22.3 Å². The Morgan fingerprint density at radius 1 is 0.880 bits per heavy atom. The lowest BCUT2D eigenvalue weighted by molar-refractivity contribution is 0.602. The topological polar surface area (TPSA) is 34.1 Å². The molecular formula is C21H19FO2S. The van der Waals surface area contributed by atoms with Crippen LogP contribution in [0.4, 0.5) is 4.39 Å². The number of sulfone groups is 1. The van der Waals surface area contributed by atoms with Crippen molar-refractivity contribution in [3.8, 4) is 11.1 Å². The van der Waals surface area contributed by atoms with Crippen LogP contribution in [0.3, 0.4) is 0 Å². The second-order valence-corrected chi connectivity index (χ2v) is 8.18. The van der Waals surface area contributed by atoms with Crippen LogP contribution in [0.1, 0.15) is 24.0 Å². The Morgan fingerprint density at radius 3 is 2.20 bits per heavy atom. The zero-order valence-electron chi connectivity index (χ0n) is 14.1. The van der Waals surface area contributed by atoms with Gasteiger partial charge in [-0.05, 0) is 46.5 Å². The van der Waals surface area contributed by atoms with Crippen molar-refractivity contribution in [1.82, 2.24) is 0 Å². The number of hydrogen-bond donors (Lipinski definition) is 0. The molecule has 0 radical (unpaired) electrons. The standard InChI is InChI=1S/C21H19FO2S/c1-15(16-10-12-19(13-11-16)25(2,23)24)20-8-3-4-9-21(20)17-6-5-7-18(22)14-17/h3-15H,1-2H3. The summed E-state index contributed by atoms with van der Waals surface area (Å²) in [6.45, 7) is 2.06. The maximum Gasteiger partial charge on any atom is 0.175 e. The molecule has 0 aromatic heterocycles. The van der Waals surface area contributed by atoms with E-state index < -0.39 is 9.84 Å². The third-order valence-electron chi connectivity index (χ3n) is 4.37. The van der Waals surface area contributed by atoms with Crippen LogP contribution in [0.2, 0.25) is 0 Å². The summed E-state index contributed by atoms with van der Waals surface area (Å²) in [5.41, 5.74) is 3.88. The van der Waals surface area contributed by atoms with Gasteiger partial charge in [0.05, 0.1) is 4.90 Å². The van der Waals surface area contributed by atoms with E-state index in [1.165, 1.54) is 18.4 Å². The summed E-state index contributed by atoms with van der Waals surface area (Å²) in [5.74, 6) is -0.217. The van der Waals surface area contributed by atoms with E-state index >= 15 is 0 Å². The highest BCUT2D eigenvalue weighted by molar-refractivity contribution is 7.90. The third-order valence-corrected chi connectivity index (χ3v) is 5.50. The second kappa shape index (κ2) is 6.81. The minimum atomic E-state index is -3.21. The van der Waals surface area contributed by atoms with Crippen molar-refractivity contribution < 1.29 is 12.8 Å². The molecule has 0 bridgehead atoms. The van der Waals surface area contributed by atoms with Crippen LogP contribution < -0.4 is 0 Å². The van der Waals surface area contributed by atoms with Gasteiger partial charge >= 0.3 is 0 Å². The van der Waals surface area contributed by atoms with Crippen molar-refractivity contribution in [2.24, 2.45) is 0 Å². The molecule has 0 fully saturated rings. The molecule has 0 aliphatic rings. The van der Waals surface area contributed by atoms with E-state index in [0.29, 0.717) is 4.90 Å². The minimum absolute atomic E-state index is 0.0491. The Kier molecular flexibility index (Phi) is 4.73. The van der Waals surface area contributed by atoms with Gasteiger partial charge in [0.15, 0.2) is 9.84 Å². The van der Waals surface area contributed by atoms with Crippen LogP contribution >= 0.6 is 0 Å². The van der Waals surface area contributed by atoms with Gasteiger partial charge < -0.3 is 0 Å². The first-order chi connectivity index (χ1) is 11.9. The van der Waals surface area contributed by atoms with Crippen molar-refractivity contribution in [2.45, 2.75) is 17.7 Å². The molecule has 3 rings (SSSR count). The predicted octanol–water partition coefficient (Wildman–Crippen LogP) is 5.05. The lowest BCUT2D eigenvalue weighted by Gasteiger charge is -2.17. The SMILES string of the molecule is CC(c1ccc(S(C)(=O)=O)cc1)c1ccccc1-c1cccc(F)c1. The Balaban J connectivity index is 2.02. The molecule has 0 amide bonds. The summed E-state index contributed by atoms with van der Waals surface area (Å²) in [7, 11) is -3.21. The van der Waals surface area contributed by atoms with Crippen molar-refractivity contribution in [1.29, 1.82) is 0 Å². The molecule has 0 heterocycles. The van der Waals surface area contributed by atoms with Crippen LogP contribution in [0, 0.1) is 5.82 Å². The molecule has 0 aliphatic heterocycles. The highest BCUT2D eigenvalue weighted by atomic mass is 32.2. The molecular weight excluding hydrogens is 335 g/mol. The molecule has 0 N–H and O–H groups in total. The van der Waals surface area contributed by atoms with Gasteiger partial charge in [-0.1, -0.05) is 55.5 Å². The molecule has 4 heteroatoms. The molecule has 2 nitrogen and oxygen atoms in total. The van der Waals surface area contributed by atoms with Gasteiger partial charge in [-0.2, -0.15) is 0 Å². The summed E-state index contributed by atoms with van der Waals surface area (Å²) in [4.78, 5) is 0.307. The molecule has 0 saturated carbocycles.